The standard InChI is InChI=1S/C10H20O5/c1-7(2)9(3,4)10(5,6)14-15-13-8(11)12/h7H,1-6H3,(H,11,12). The summed E-state index contributed by atoms with van der Waals surface area (Å²) in [6.07, 6.45) is -1.53. The van der Waals surface area contributed by atoms with E-state index in [2.05, 4.69) is 23.8 Å². The van der Waals surface area contributed by atoms with Crippen LogP contribution in [0, 0.1) is 11.3 Å². The highest BCUT2D eigenvalue weighted by molar-refractivity contribution is 5.55. The molecule has 0 saturated heterocycles. The molecule has 0 radical (unpaired) electrons. The Labute approximate surface area is 90.2 Å². The number of carbonyl (C=O) groups is 1. The molecule has 0 aromatic carbocycles. The maximum Gasteiger partial charge on any atom is 0.540 e. The van der Waals surface area contributed by atoms with Crippen molar-refractivity contribution in [2.75, 3.05) is 0 Å². The Morgan fingerprint density at radius 1 is 1.20 bits per heavy atom. The second kappa shape index (κ2) is 4.81. The van der Waals surface area contributed by atoms with Crippen molar-refractivity contribution in [3.63, 3.8) is 0 Å². The minimum atomic E-state index is -1.53. The summed E-state index contributed by atoms with van der Waals surface area (Å²) in [5.41, 5.74) is -0.842. The zero-order valence-corrected chi connectivity index (χ0v) is 10.2. The Kier molecular flexibility index (Phi) is 4.55. The summed E-state index contributed by atoms with van der Waals surface area (Å²) in [5.74, 6) is 0.348. The van der Waals surface area contributed by atoms with Crippen molar-refractivity contribution >= 4 is 6.16 Å². The first-order chi connectivity index (χ1) is 6.61. The van der Waals surface area contributed by atoms with E-state index in [-0.39, 0.29) is 5.41 Å². The summed E-state index contributed by atoms with van der Waals surface area (Å²) in [6, 6.07) is 0. The Hall–Kier alpha value is -0.810. The predicted octanol–water partition coefficient (Wildman–Crippen LogP) is 3.01. The average molecular weight is 220 g/mol. The maximum atomic E-state index is 10.0. The molecule has 1 N–H and O–H groups in total. The Balaban J connectivity index is 4.34. The van der Waals surface area contributed by atoms with Gasteiger partial charge in [0.1, 0.15) is 5.60 Å². The van der Waals surface area contributed by atoms with Crippen LogP contribution in [0.5, 0.6) is 0 Å². The predicted molar refractivity (Wildman–Crippen MR) is 54.0 cm³/mol. The second-order valence-corrected chi connectivity index (χ2v) is 4.89. The van der Waals surface area contributed by atoms with Gasteiger partial charge in [-0.15, -0.1) is 0 Å². The van der Waals surface area contributed by atoms with Crippen LogP contribution >= 0.6 is 0 Å². The first-order valence-electron chi connectivity index (χ1n) is 4.86. The molecule has 0 fully saturated rings. The van der Waals surface area contributed by atoms with E-state index in [1.807, 2.05) is 27.7 Å². The van der Waals surface area contributed by atoms with Crippen LogP contribution in [0.25, 0.3) is 0 Å². The van der Waals surface area contributed by atoms with Crippen molar-refractivity contribution in [1.29, 1.82) is 0 Å². The van der Waals surface area contributed by atoms with Crippen LogP contribution in [0.3, 0.4) is 0 Å². The molecule has 0 aliphatic carbocycles. The lowest BCUT2D eigenvalue weighted by molar-refractivity contribution is -0.527. The maximum absolute atomic E-state index is 10.0. The van der Waals surface area contributed by atoms with Gasteiger partial charge >= 0.3 is 6.16 Å². The van der Waals surface area contributed by atoms with E-state index >= 15 is 0 Å². The first kappa shape index (κ1) is 14.2. The van der Waals surface area contributed by atoms with Crippen molar-refractivity contribution < 1.29 is 24.7 Å². The van der Waals surface area contributed by atoms with Gasteiger partial charge in [0.25, 0.3) is 0 Å². The van der Waals surface area contributed by atoms with Crippen LogP contribution in [0.1, 0.15) is 41.5 Å². The van der Waals surface area contributed by atoms with Gasteiger partial charge < -0.3 is 5.11 Å². The molecular weight excluding hydrogens is 200 g/mol. The molecule has 0 aliphatic rings. The smallest absolute Gasteiger partial charge is 0.448 e. The fourth-order valence-corrected chi connectivity index (χ4v) is 0.934. The molecule has 0 spiro atoms. The molecule has 0 aromatic heterocycles. The van der Waals surface area contributed by atoms with Gasteiger partial charge in [-0.3, -0.25) is 0 Å². The summed E-state index contributed by atoms with van der Waals surface area (Å²) in [4.78, 5) is 18.9. The summed E-state index contributed by atoms with van der Waals surface area (Å²) in [7, 11) is 0. The van der Waals surface area contributed by atoms with Gasteiger partial charge in [-0.25, -0.2) is 9.68 Å². The zero-order chi connectivity index (χ0) is 12.3. The highest BCUT2D eigenvalue weighted by Gasteiger charge is 2.42. The van der Waals surface area contributed by atoms with E-state index in [4.69, 9.17) is 9.99 Å². The quantitative estimate of drug-likeness (QED) is 0.570. The third-order valence-corrected chi connectivity index (χ3v) is 3.34. The van der Waals surface area contributed by atoms with Gasteiger partial charge in [0, 0.05) is 0 Å². The molecule has 0 atom stereocenters. The van der Waals surface area contributed by atoms with E-state index in [0.717, 1.165) is 0 Å². The topological polar surface area (TPSA) is 65.0 Å². The molecule has 0 bridgehead atoms. The van der Waals surface area contributed by atoms with Crippen LogP contribution in [0.2, 0.25) is 0 Å². The Bertz CT molecular complexity index is 220. The fraction of sp³-hybridized carbons (Fsp3) is 0.900. The SMILES string of the molecule is CC(C)C(C)(C)C(C)(C)OOOC(=O)O. The molecule has 0 amide bonds. The first-order valence-corrected chi connectivity index (χ1v) is 4.86. The van der Waals surface area contributed by atoms with E-state index in [1.165, 1.54) is 0 Å². The van der Waals surface area contributed by atoms with Gasteiger partial charge in [-0.1, -0.05) is 27.7 Å². The lowest BCUT2D eigenvalue weighted by Gasteiger charge is -2.42. The lowest BCUT2D eigenvalue weighted by atomic mass is 9.69. The highest BCUT2D eigenvalue weighted by Crippen LogP contribution is 2.40. The summed E-state index contributed by atoms with van der Waals surface area (Å²) >= 11 is 0. The molecular formula is C10H20O5. The van der Waals surface area contributed by atoms with Gasteiger partial charge in [-0.2, -0.15) is 4.89 Å². The molecule has 0 unspecified atom stereocenters. The van der Waals surface area contributed by atoms with E-state index in [9.17, 15) is 4.79 Å². The Morgan fingerprint density at radius 3 is 2.00 bits per heavy atom. The monoisotopic (exact) mass is 220 g/mol. The average Bonchev–Trinajstić information content (AvgIpc) is 2.02. The molecule has 5 heteroatoms. The van der Waals surface area contributed by atoms with Crippen LogP contribution in [-0.4, -0.2) is 16.9 Å². The zero-order valence-electron chi connectivity index (χ0n) is 10.2. The summed E-state index contributed by atoms with van der Waals surface area (Å²) < 4.78 is 0. The summed E-state index contributed by atoms with van der Waals surface area (Å²) in [5, 5.41) is 12.4. The molecule has 0 aliphatic heterocycles. The van der Waals surface area contributed by atoms with Gasteiger partial charge in [0.15, 0.2) is 0 Å². The molecule has 90 valence electrons. The van der Waals surface area contributed by atoms with E-state index < -0.39 is 11.8 Å². The lowest BCUT2D eigenvalue weighted by Crippen LogP contribution is -2.45. The number of carboxylic acid groups (broad SMARTS) is 1. The second-order valence-electron chi connectivity index (χ2n) is 4.89. The molecule has 0 saturated carbocycles. The van der Waals surface area contributed by atoms with E-state index in [0.29, 0.717) is 5.92 Å². The molecule has 0 rings (SSSR count). The number of hydrogen-bond acceptors (Lipinski definition) is 4. The Morgan fingerprint density at radius 2 is 1.67 bits per heavy atom. The number of hydrogen-bond donors (Lipinski definition) is 1. The summed E-state index contributed by atoms with van der Waals surface area (Å²) in [6.45, 7) is 11.8. The fourth-order valence-electron chi connectivity index (χ4n) is 0.934. The third-order valence-electron chi connectivity index (χ3n) is 3.34. The van der Waals surface area contributed by atoms with Crippen LogP contribution in [0.15, 0.2) is 0 Å². The molecule has 0 heterocycles. The number of rotatable bonds is 5. The minimum Gasteiger partial charge on any atom is -0.448 e. The van der Waals surface area contributed by atoms with Crippen molar-refractivity contribution in [1.82, 2.24) is 0 Å². The third kappa shape index (κ3) is 3.68. The largest absolute Gasteiger partial charge is 0.540 e. The van der Waals surface area contributed by atoms with Crippen molar-refractivity contribution in [3.05, 3.63) is 0 Å². The normalized spacial score (nSPS) is 13.0. The molecule has 5 nitrogen and oxygen atoms in total. The van der Waals surface area contributed by atoms with E-state index in [1.54, 1.807) is 0 Å². The van der Waals surface area contributed by atoms with Gasteiger partial charge in [0.05, 0.1) is 0 Å². The van der Waals surface area contributed by atoms with Crippen molar-refractivity contribution in [2.24, 2.45) is 11.3 Å². The van der Waals surface area contributed by atoms with Crippen LogP contribution in [0.4, 0.5) is 4.79 Å². The minimum absolute atomic E-state index is 0.186. The molecule has 0 aromatic rings. The molecule has 15 heavy (non-hydrogen) atoms. The van der Waals surface area contributed by atoms with Crippen molar-refractivity contribution in [2.45, 2.75) is 47.1 Å². The van der Waals surface area contributed by atoms with Gasteiger partial charge in [-0.05, 0) is 30.2 Å². The highest BCUT2D eigenvalue weighted by atomic mass is 17.5. The van der Waals surface area contributed by atoms with Crippen LogP contribution < -0.4 is 0 Å². The van der Waals surface area contributed by atoms with Gasteiger partial charge in [0.2, 0.25) is 0 Å². The van der Waals surface area contributed by atoms with Crippen LogP contribution in [-0.2, 0) is 14.8 Å². The van der Waals surface area contributed by atoms with Crippen molar-refractivity contribution in [3.8, 4) is 0 Å².